The van der Waals surface area contributed by atoms with Crippen molar-refractivity contribution in [3.8, 4) is 0 Å². The highest BCUT2D eigenvalue weighted by molar-refractivity contribution is 7.96. The van der Waals surface area contributed by atoms with E-state index in [1.54, 1.807) is 24.3 Å². The predicted octanol–water partition coefficient (Wildman–Crippen LogP) is 2.67. The van der Waals surface area contributed by atoms with Crippen LogP contribution in [-0.4, -0.2) is 46.2 Å². The van der Waals surface area contributed by atoms with Gasteiger partial charge in [-0.1, -0.05) is 30.7 Å². The zero-order valence-corrected chi connectivity index (χ0v) is 17.5. The maximum absolute atomic E-state index is 13.1. The van der Waals surface area contributed by atoms with Crippen molar-refractivity contribution in [3.05, 3.63) is 41.5 Å². The Balaban J connectivity index is 1.73. The first-order valence-corrected chi connectivity index (χ1v) is 13.1. The molecule has 1 saturated heterocycles. The molecule has 1 aliphatic carbocycles. The second kappa shape index (κ2) is 8.45. The SMILES string of the molecule is CCc1ccc(S(=O)(=O)[C@@H]2CS(=O)(=O)C[C@@H]2NCCC2=CCCCC2)cc1. The quantitative estimate of drug-likeness (QED) is 0.698. The van der Waals surface area contributed by atoms with Gasteiger partial charge in [-0.15, -0.1) is 0 Å². The van der Waals surface area contributed by atoms with Crippen molar-refractivity contribution in [1.29, 1.82) is 0 Å². The Morgan fingerprint density at radius 2 is 1.85 bits per heavy atom. The molecular weight excluding hydrogens is 382 g/mol. The summed E-state index contributed by atoms with van der Waals surface area (Å²) in [5.41, 5.74) is 2.45. The molecule has 1 fully saturated rings. The maximum atomic E-state index is 13.1. The van der Waals surface area contributed by atoms with E-state index in [0.717, 1.165) is 31.2 Å². The van der Waals surface area contributed by atoms with Crippen molar-refractivity contribution in [2.75, 3.05) is 18.1 Å². The molecule has 1 aromatic carbocycles. The Bertz CT molecular complexity index is 886. The summed E-state index contributed by atoms with van der Waals surface area (Å²) in [6.45, 7) is 2.63. The third-order valence-electron chi connectivity index (χ3n) is 5.60. The van der Waals surface area contributed by atoms with Crippen molar-refractivity contribution in [3.63, 3.8) is 0 Å². The van der Waals surface area contributed by atoms with Gasteiger partial charge < -0.3 is 5.32 Å². The fourth-order valence-electron chi connectivity index (χ4n) is 3.95. The van der Waals surface area contributed by atoms with Crippen LogP contribution in [-0.2, 0) is 26.1 Å². The van der Waals surface area contributed by atoms with E-state index in [2.05, 4.69) is 11.4 Å². The van der Waals surface area contributed by atoms with Crippen molar-refractivity contribution >= 4 is 19.7 Å². The van der Waals surface area contributed by atoms with E-state index < -0.39 is 31.0 Å². The molecule has 1 N–H and O–H groups in total. The Kier molecular flexibility index (Phi) is 6.43. The minimum atomic E-state index is -3.70. The van der Waals surface area contributed by atoms with E-state index in [-0.39, 0.29) is 16.4 Å². The van der Waals surface area contributed by atoms with Crippen LogP contribution in [0.15, 0.2) is 40.8 Å². The van der Waals surface area contributed by atoms with E-state index in [4.69, 9.17) is 0 Å². The van der Waals surface area contributed by atoms with Gasteiger partial charge >= 0.3 is 0 Å². The number of nitrogens with one attached hydrogen (secondary N) is 1. The second-order valence-corrected chi connectivity index (χ2v) is 11.9. The van der Waals surface area contributed by atoms with E-state index in [0.29, 0.717) is 6.54 Å². The van der Waals surface area contributed by atoms with E-state index in [9.17, 15) is 16.8 Å². The van der Waals surface area contributed by atoms with E-state index in [1.807, 2.05) is 6.92 Å². The average molecular weight is 412 g/mol. The number of aryl methyl sites for hydroxylation is 1. The molecule has 5 nitrogen and oxygen atoms in total. The zero-order chi connectivity index (χ0) is 19.5. The van der Waals surface area contributed by atoms with E-state index >= 15 is 0 Å². The van der Waals surface area contributed by atoms with Gasteiger partial charge in [0.1, 0.15) is 0 Å². The van der Waals surface area contributed by atoms with Crippen molar-refractivity contribution in [1.82, 2.24) is 5.32 Å². The smallest absolute Gasteiger partial charge is 0.183 e. The summed E-state index contributed by atoms with van der Waals surface area (Å²) in [5.74, 6) is -0.409. The summed E-state index contributed by atoms with van der Waals surface area (Å²) in [7, 11) is -7.06. The van der Waals surface area contributed by atoms with Crippen LogP contribution in [0.3, 0.4) is 0 Å². The van der Waals surface area contributed by atoms with Gasteiger partial charge in [0, 0.05) is 6.04 Å². The molecule has 0 unspecified atom stereocenters. The lowest BCUT2D eigenvalue weighted by Gasteiger charge is -2.21. The maximum Gasteiger partial charge on any atom is 0.183 e. The highest BCUT2D eigenvalue weighted by Gasteiger charge is 2.45. The first kappa shape index (κ1) is 20.6. The number of rotatable bonds is 7. The molecule has 1 aliphatic heterocycles. The molecule has 2 atom stereocenters. The zero-order valence-electron chi connectivity index (χ0n) is 15.9. The normalized spacial score (nSPS) is 25.3. The molecule has 0 amide bonds. The summed E-state index contributed by atoms with van der Waals surface area (Å²) in [4.78, 5) is 0.212. The number of benzene rings is 1. The van der Waals surface area contributed by atoms with Crippen LogP contribution < -0.4 is 5.32 Å². The van der Waals surface area contributed by atoms with Crippen LogP contribution in [0.25, 0.3) is 0 Å². The molecule has 0 saturated carbocycles. The molecule has 1 heterocycles. The molecule has 150 valence electrons. The molecule has 3 rings (SSSR count). The van der Waals surface area contributed by atoms with Crippen molar-refractivity contribution < 1.29 is 16.8 Å². The minimum absolute atomic E-state index is 0.108. The van der Waals surface area contributed by atoms with Crippen LogP contribution in [0.1, 0.15) is 44.6 Å². The molecular formula is C20H29NO4S2. The van der Waals surface area contributed by atoms with Crippen LogP contribution in [0, 0.1) is 0 Å². The van der Waals surface area contributed by atoms with Gasteiger partial charge in [0.15, 0.2) is 19.7 Å². The Morgan fingerprint density at radius 3 is 2.48 bits per heavy atom. The Morgan fingerprint density at radius 1 is 1.11 bits per heavy atom. The summed E-state index contributed by atoms with van der Waals surface area (Å²) < 4.78 is 50.5. The molecule has 27 heavy (non-hydrogen) atoms. The molecule has 2 aliphatic rings. The van der Waals surface area contributed by atoms with Crippen LogP contribution in [0.4, 0.5) is 0 Å². The number of hydrogen-bond donors (Lipinski definition) is 1. The lowest BCUT2D eigenvalue weighted by molar-refractivity contribution is 0.523. The molecule has 0 aromatic heterocycles. The first-order chi connectivity index (χ1) is 12.8. The molecule has 1 aromatic rings. The number of sulfone groups is 2. The second-order valence-electron chi connectivity index (χ2n) is 7.58. The Hall–Kier alpha value is -1.18. The highest BCUT2D eigenvalue weighted by atomic mass is 32.2. The Labute approximate surface area is 163 Å². The van der Waals surface area contributed by atoms with Crippen LogP contribution >= 0.6 is 0 Å². The summed E-state index contributed by atoms with van der Waals surface area (Å²) in [6.07, 6.45) is 8.59. The fourth-order valence-corrected chi connectivity index (χ4v) is 8.67. The predicted molar refractivity (Wildman–Crippen MR) is 108 cm³/mol. The van der Waals surface area contributed by atoms with Gasteiger partial charge in [0.25, 0.3) is 0 Å². The molecule has 0 spiro atoms. The van der Waals surface area contributed by atoms with Crippen molar-refractivity contribution in [2.45, 2.75) is 61.6 Å². The van der Waals surface area contributed by atoms with Gasteiger partial charge in [0.2, 0.25) is 0 Å². The average Bonchev–Trinajstić information content (AvgIpc) is 2.98. The van der Waals surface area contributed by atoms with Crippen LogP contribution in [0.2, 0.25) is 0 Å². The summed E-state index contributed by atoms with van der Waals surface area (Å²) >= 11 is 0. The van der Waals surface area contributed by atoms with Gasteiger partial charge in [-0.05, 0) is 62.8 Å². The third kappa shape index (κ3) is 5.00. The minimum Gasteiger partial charge on any atom is -0.311 e. The monoisotopic (exact) mass is 411 g/mol. The van der Waals surface area contributed by atoms with E-state index in [1.165, 1.54) is 18.4 Å². The lowest BCUT2D eigenvalue weighted by Crippen LogP contribution is -2.43. The lowest BCUT2D eigenvalue weighted by atomic mass is 9.97. The number of hydrogen-bond acceptors (Lipinski definition) is 5. The molecule has 7 heteroatoms. The highest BCUT2D eigenvalue weighted by Crippen LogP contribution is 2.27. The van der Waals surface area contributed by atoms with Crippen molar-refractivity contribution in [2.24, 2.45) is 0 Å². The summed E-state index contributed by atoms with van der Waals surface area (Å²) in [5, 5.41) is 2.31. The number of allylic oxidation sites excluding steroid dienone is 1. The van der Waals surface area contributed by atoms with Crippen LogP contribution in [0.5, 0.6) is 0 Å². The molecule has 0 radical (unpaired) electrons. The largest absolute Gasteiger partial charge is 0.311 e. The fraction of sp³-hybridized carbons (Fsp3) is 0.600. The molecule has 0 bridgehead atoms. The van der Waals surface area contributed by atoms with Gasteiger partial charge in [-0.3, -0.25) is 0 Å². The van der Waals surface area contributed by atoms with Gasteiger partial charge in [-0.25, -0.2) is 16.8 Å². The standard InChI is InChI=1S/C20H29NO4S2/c1-2-16-8-10-18(11-9-16)27(24,25)20-15-26(22,23)14-19(20)21-13-12-17-6-4-3-5-7-17/h6,8-11,19-21H,2-5,7,12-15H2,1H3/t19-,20+/m0/s1. The first-order valence-electron chi connectivity index (χ1n) is 9.76. The van der Waals surface area contributed by atoms with Gasteiger partial charge in [0.05, 0.1) is 21.7 Å². The van der Waals surface area contributed by atoms with Gasteiger partial charge in [-0.2, -0.15) is 0 Å². The third-order valence-corrected chi connectivity index (χ3v) is 9.76. The topological polar surface area (TPSA) is 80.3 Å². The summed E-state index contributed by atoms with van der Waals surface area (Å²) in [6, 6.07) is 6.25.